The first-order valence-corrected chi connectivity index (χ1v) is 10.6. The van der Waals surface area contributed by atoms with Crippen LogP contribution in [0.4, 0.5) is 9.18 Å². The highest BCUT2D eigenvalue weighted by molar-refractivity contribution is 5.70. The SMILES string of the molecule is Cc1ccc(Oc2ncnc(O[C@H]3CC4CCC3N4C(=O)OC(C)(C)C)c2C)c(F)c1. The highest BCUT2D eigenvalue weighted by Gasteiger charge is 2.51. The van der Waals surface area contributed by atoms with Crippen LogP contribution in [0.5, 0.6) is 17.5 Å². The van der Waals surface area contributed by atoms with Crippen LogP contribution in [0.25, 0.3) is 0 Å². The van der Waals surface area contributed by atoms with E-state index in [0.717, 1.165) is 24.8 Å². The summed E-state index contributed by atoms with van der Waals surface area (Å²) in [4.78, 5) is 22.9. The van der Waals surface area contributed by atoms with Crippen LogP contribution in [0.1, 0.15) is 51.2 Å². The summed E-state index contributed by atoms with van der Waals surface area (Å²) in [5.41, 5.74) is 0.837. The Morgan fingerprint density at radius 1 is 1.16 bits per heavy atom. The first-order chi connectivity index (χ1) is 14.6. The van der Waals surface area contributed by atoms with E-state index >= 15 is 0 Å². The van der Waals surface area contributed by atoms with Gasteiger partial charge in [-0.25, -0.2) is 19.2 Å². The summed E-state index contributed by atoms with van der Waals surface area (Å²) < 4.78 is 31.7. The molecule has 2 aliphatic rings. The third-order valence-corrected chi connectivity index (χ3v) is 5.63. The highest BCUT2D eigenvalue weighted by Crippen LogP contribution is 2.41. The van der Waals surface area contributed by atoms with Gasteiger partial charge in [-0.05, 0) is 65.2 Å². The summed E-state index contributed by atoms with van der Waals surface area (Å²) in [6.07, 6.45) is 3.36. The maximum absolute atomic E-state index is 14.2. The van der Waals surface area contributed by atoms with Gasteiger partial charge in [0.1, 0.15) is 18.0 Å². The van der Waals surface area contributed by atoms with Crippen LogP contribution >= 0.6 is 0 Å². The lowest BCUT2D eigenvalue weighted by atomic mass is 9.98. The minimum Gasteiger partial charge on any atom is -0.472 e. The Bertz CT molecular complexity index is 991. The van der Waals surface area contributed by atoms with Gasteiger partial charge >= 0.3 is 6.09 Å². The van der Waals surface area contributed by atoms with Crippen LogP contribution < -0.4 is 9.47 Å². The zero-order valence-corrected chi connectivity index (χ0v) is 18.5. The number of amides is 1. The van der Waals surface area contributed by atoms with Gasteiger partial charge in [0.15, 0.2) is 11.6 Å². The molecular weight excluding hydrogens is 401 g/mol. The van der Waals surface area contributed by atoms with Crippen LogP contribution in [0.15, 0.2) is 24.5 Å². The average Bonchev–Trinajstić information content (AvgIpc) is 3.23. The molecule has 3 heterocycles. The van der Waals surface area contributed by atoms with Gasteiger partial charge in [0.05, 0.1) is 11.6 Å². The Labute approximate surface area is 181 Å². The largest absolute Gasteiger partial charge is 0.472 e. The number of hydrogen-bond acceptors (Lipinski definition) is 6. The van der Waals surface area contributed by atoms with Crippen LogP contribution in [-0.4, -0.2) is 44.7 Å². The van der Waals surface area contributed by atoms with Crippen LogP contribution in [0, 0.1) is 19.7 Å². The first kappa shape index (κ1) is 21.3. The molecule has 4 rings (SSSR count). The van der Waals surface area contributed by atoms with Gasteiger partial charge in [-0.1, -0.05) is 6.07 Å². The first-order valence-electron chi connectivity index (χ1n) is 10.6. The molecule has 2 aliphatic heterocycles. The average molecular weight is 429 g/mol. The van der Waals surface area contributed by atoms with E-state index in [-0.39, 0.29) is 35.9 Å². The molecule has 2 unspecified atom stereocenters. The maximum atomic E-state index is 14.2. The molecule has 2 fully saturated rings. The number of halogens is 1. The van der Waals surface area contributed by atoms with E-state index in [1.165, 1.54) is 12.4 Å². The number of benzene rings is 1. The summed E-state index contributed by atoms with van der Waals surface area (Å²) in [7, 11) is 0. The summed E-state index contributed by atoms with van der Waals surface area (Å²) in [6, 6.07) is 4.79. The number of nitrogens with zero attached hydrogens (tertiary/aromatic N) is 3. The predicted octanol–water partition coefficient (Wildman–Crippen LogP) is 4.94. The lowest BCUT2D eigenvalue weighted by Crippen LogP contribution is -2.42. The Kier molecular flexibility index (Phi) is 5.49. The van der Waals surface area contributed by atoms with Crippen molar-refractivity contribution in [3.63, 3.8) is 0 Å². The number of aromatic nitrogens is 2. The van der Waals surface area contributed by atoms with E-state index < -0.39 is 11.4 Å². The molecule has 1 aromatic heterocycles. The molecule has 8 heteroatoms. The molecule has 0 saturated carbocycles. The summed E-state index contributed by atoms with van der Waals surface area (Å²) in [6.45, 7) is 9.17. The summed E-state index contributed by atoms with van der Waals surface area (Å²) in [5.74, 6) is 0.245. The van der Waals surface area contributed by atoms with Crippen LogP contribution in [-0.2, 0) is 4.74 Å². The molecule has 2 saturated heterocycles. The molecule has 166 valence electrons. The molecule has 0 N–H and O–H groups in total. The van der Waals surface area contributed by atoms with E-state index in [4.69, 9.17) is 14.2 Å². The van der Waals surface area contributed by atoms with E-state index in [9.17, 15) is 9.18 Å². The van der Waals surface area contributed by atoms with Gasteiger partial charge in [0, 0.05) is 12.5 Å². The fraction of sp³-hybridized carbons (Fsp3) is 0.522. The molecule has 31 heavy (non-hydrogen) atoms. The number of carbonyl (C=O) groups is 1. The molecule has 0 spiro atoms. The second-order valence-electron chi connectivity index (χ2n) is 9.22. The monoisotopic (exact) mass is 429 g/mol. The third-order valence-electron chi connectivity index (χ3n) is 5.63. The number of carbonyl (C=O) groups excluding carboxylic acids is 1. The normalized spacial score (nSPS) is 22.5. The lowest BCUT2D eigenvalue weighted by Gasteiger charge is -2.28. The lowest BCUT2D eigenvalue weighted by molar-refractivity contribution is 0.0180. The fourth-order valence-corrected chi connectivity index (χ4v) is 4.24. The van der Waals surface area contributed by atoms with Crippen LogP contribution in [0.3, 0.4) is 0 Å². The molecule has 0 aliphatic carbocycles. The van der Waals surface area contributed by atoms with E-state index in [0.29, 0.717) is 11.4 Å². The Morgan fingerprint density at radius 3 is 2.61 bits per heavy atom. The van der Waals surface area contributed by atoms with Crippen molar-refractivity contribution in [2.75, 3.05) is 0 Å². The zero-order chi connectivity index (χ0) is 22.3. The van der Waals surface area contributed by atoms with Crippen molar-refractivity contribution in [2.24, 2.45) is 0 Å². The van der Waals surface area contributed by atoms with Crippen molar-refractivity contribution in [3.05, 3.63) is 41.5 Å². The van der Waals surface area contributed by atoms with Crippen molar-refractivity contribution in [2.45, 2.75) is 77.7 Å². The molecule has 7 nitrogen and oxygen atoms in total. The zero-order valence-electron chi connectivity index (χ0n) is 18.5. The number of rotatable bonds is 4. The second-order valence-corrected chi connectivity index (χ2v) is 9.22. The summed E-state index contributed by atoms with van der Waals surface area (Å²) in [5, 5.41) is 0. The topological polar surface area (TPSA) is 73.8 Å². The van der Waals surface area contributed by atoms with E-state index in [2.05, 4.69) is 9.97 Å². The Balaban J connectivity index is 1.49. The van der Waals surface area contributed by atoms with Crippen molar-refractivity contribution in [3.8, 4) is 17.5 Å². The van der Waals surface area contributed by atoms with E-state index in [1.54, 1.807) is 19.1 Å². The number of ether oxygens (including phenoxy) is 3. The van der Waals surface area contributed by atoms with Crippen molar-refractivity contribution in [1.29, 1.82) is 0 Å². The number of aryl methyl sites for hydroxylation is 1. The fourth-order valence-electron chi connectivity index (χ4n) is 4.24. The minimum atomic E-state index is -0.545. The predicted molar refractivity (Wildman–Crippen MR) is 112 cm³/mol. The quantitative estimate of drug-likeness (QED) is 0.685. The molecular formula is C23H28FN3O4. The molecule has 1 amide bonds. The van der Waals surface area contributed by atoms with Gasteiger partial charge in [-0.15, -0.1) is 0 Å². The molecule has 0 radical (unpaired) electrons. The maximum Gasteiger partial charge on any atom is 0.410 e. The van der Waals surface area contributed by atoms with Gasteiger partial charge in [0.2, 0.25) is 11.8 Å². The molecule has 2 aromatic rings. The van der Waals surface area contributed by atoms with Gasteiger partial charge < -0.3 is 14.2 Å². The van der Waals surface area contributed by atoms with Crippen LogP contribution in [0.2, 0.25) is 0 Å². The van der Waals surface area contributed by atoms with Crippen molar-refractivity contribution >= 4 is 6.09 Å². The molecule has 1 aromatic carbocycles. The molecule has 2 bridgehead atoms. The highest BCUT2D eigenvalue weighted by atomic mass is 19.1. The Morgan fingerprint density at radius 2 is 1.90 bits per heavy atom. The number of fused-ring (bicyclic) bond motifs is 2. The summed E-state index contributed by atoms with van der Waals surface area (Å²) >= 11 is 0. The molecule has 3 atom stereocenters. The van der Waals surface area contributed by atoms with Gasteiger partial charge in [-0.3, -0.25) is 4.90 Å². The van der Waals surface area contributed by atoms with Crippen molar-refractivity contribution < 1.29 is 23.4 Å². The van der Waals surface area contributed by atoms with E-state index in [1.807, 2.05) is 32.6 Å². The standard InChI is InChI=1S/C23H28FN3O4/c1-13-6-9-18(16(24)10-13)29-20-14(2)21(26-12-25-20)30-19-11-15-7-8-17(19)27(15)22(28)31-23(3,4)5/h6,9-10,12,15,17,19H,7-8,11H2,1-5H3/t15?,17?,19-/m0/s1. The van der Waals surface area contributed by atoms with Gasteiger partial charge in [0.25, 0.3) is 0 Å². The smallest absolute Gasteiger partial charge is 0.410 e. The van der Waals surface area contributed by atoms with Gasteiger partial charge in [-0.2, -0.15) is 0 Å². The Hall–Kier alpha value is -2.90. The van der Waals surface area contributed by atoms with Crippen molar-refractivity contribution in [1.82, 2.24) is 14.9 Å². The number of hydrogen-bond donors (Lipinski definition) is 0. The third kappa shape index (κ3) is 4.43. The minimum absolute atomic E-state index is 0.0619. The second kappa shape index (κ2) is 7.98.